The Bertz CT molecular complexity index is 967. The molecule has 8 heteroatoms. The van der Waals surface area contributed by atoms with Crippen LogP contribution in [0.4, 0.5) is 5.69 Å². The van der Waals surface area contributed by atoms with Gasteiger partial charge >= 0.3 is 5.97 Å². The van der Waals surface area contributed by atoms with Crippen molar-refractivity contribution in [2.75, 3.05) is 45.4 Å². The van der Waals surface area contributed by atoms with Crippen molar-refractivity contribution in [2.24, 2.45) is 5.92 Å². The number of benzene rings is 1. The highest BCUT2D eigenvalue weighted by Gasteiger charge is 2.72. The molecule has 2 aliphatic heterocycles. The number of hydrogen-bond acceptors (Lipinski definition) is 8. The van der Waals surface area contributed by atoms with Crippen LogP contribution >= 0.6 is 0 Å². The van der Waals surface area contributed by atoms with E-state index in [4.69, 9.17) is 28.8 Å². The van der Waals surface area contributed by atoms with Crippen molar-refractivity contribution < 1.29 is 33.6 Å². The summed E-state index contributed by atoms with van der Waals surface area (Å²) in [5, 5.41) is 12.0. The maximum atomic E-state index is 12.8. The Morgan fingerprint density at radius 3 is 2.65 bits per heavy atom. The van der Waals surface area contributed by atoms with Crippen molar-refractivity contribution in [1.82, 2.24) is 0 Å². The normalized spacial score (nSPS) is 32.4. The molecular formula is C29H41NO7. The molecule has 1 spiro atoms. The predicted molar refractivity (Wildman–Crippen MR) is 141 cm³/mol. The summed E-state index contributed by atoms with van der Waals surface area (Å²) in [7, 11) is 1.68. The first-order valence-electron chi connectivity index (χ1n) is 13.2. The average Bonchev–Trinajstić information content (AvgIpc) is 3.80. The Kier molecular flexibility index (Phi) is 9.08. The monoisotopic (exact) mass is 515 g/mol. The number of epoxide rings is 2. The molecule has 2 saturated heterocycles. The van der Waals surface area contributed by atoms with Gasteiger partial charge in [0, 0.05) is 25.4 Å². The fraction of sp³-hybridized carbons (Fsp3) is 0.621. The number of carbonyl (C=O) groups excluding carboxylic acids is 1. The van der Waals surface area contributed by atoms with E-state index in [-0.39, 0.29) is 48.0 Å². The van der Waals surface area contributed by atoms with Crippen LogP contribution < -0.4 is 5.32 Å². The van der Waals surface area contributed by atoms with Crippen LogP contribution in [0.15, 0.2) is 42.0 Å². The molecule has 204 valence electrons. The smallest absolute Gasteiger partial charge is 0.331 e. The van der Waals surface area contributed by atoms with Gasteiger partial charge in [0.15, 0.2) is 0 Å². The van der Waals surface area contributed by atoms with E-state index in [1.165, 1.54) is 11.6 Å². The van der Waals surface area contributed by atoms with E-state index in [1.54, 1.807) is 13.2 Å². The molecule has 1 aromatic rings. The van der Waals surface area contributed by atoms with E-state index < -0.39 is 0 Å². The van der Waals surface area contributed by atoms with E-state index in [0.29, 0.717) is 32.8 Å². The first-order valence-corrected chi connectivity index (χ1v) is 13.2. The van der Waals surface area contributed by atoms with E-state index in [2.05, 4.69) is 32.2 Å². The van der Waals surface area contributed by atoms with Crippen molar-refractivity contribution in [3.63, 3.8) is 0 Å². The third kappa shape index (κ3) is 6.81. The lowest BCUT2D eigenvalue weighted by Gasteiger charge is -2.42. The van der Waals surface area contributed by atoms with Gasteiger partial charge in [-0.25, -0.2) is 4.79 Å². The highest BCUT2D eigenvalue weighted by atomic mass is 16.6. The van der Waals surface area contributed by atoms with E-state index in [0.717, 1.165) is 24.1 Å². The zero-order chi connectivity index (χ0) is 26.5. The lowest BCUT2D eigenvalue weighted by atomic mass is 9.68. The Hall–Kier alpha value is -2.23. The molecule has 1 aromatic carbocycles. The summed E-state index contributed by atoms with van der Waals surface area (Å²) >= 11 is 0. The second-order valence-electron chi connectivity index (χ2n) is 10.6. The summed E-state index contributed by atoms with van der Waals surface area (Å²) in [6.07, 6.45) is 7.29. The van der Waals surface area contributed by atoms with Gasteiger partial charge in [0.1, 0.15) is 23.4 Å². The predicted octanol–water partition coefficient (Wildman–Crippen LogP) is 3.74. The van der Waals surface area contributed by atoms with Crippen molar-refractivity contribution in [2.45, 2.75) is 69.5 Å². The number of ether oxygens (including phenoxy) is 5. The van der Waals surface area contributed by atoms with Gasteiger partial charge in [-0.1, -0.05) is 23.8 Å². The van der Waals surface area contributed by atoms with Crippen LogP contribution in [0.2, 0.25) is 0 Å². The van der Waals surface area contributed by atoms with Gasteiger partial charge in [-0.3, -0.25) is 0 Å². The van der Waals surface area contributed by atoms with E-state index in [1.807, 2.05) is 24.3 Å². The fourth-order valence-corrected chi connectivity index (χ4v) is 5.57. The minimum Gasteiger partial charge on any atom is -0.456 e. The maximum absolute atomic E-state index is 12.8. The minimum atomic E-state index is -0.385. The van der Waals surface area contributed by atoms with Gasteiger partial charge in [-0.15, -0.1) is 0 Å². The van der Waals surface area contributed by atoms with Crippen LogP contribution in [0.25, 0.3) is 6.08 Å². The number of esters is 1. The number of rotatable bonds is 13. The topological polar surface area (TPSA) is 102 Å². The second kappa shape index (κ2) is 12.1. The molecule has 0 unspecified atom stereocenters. The summed E-state index contributed by atoms with van der Waals surface area (Å²) < 4.78 is 29.3. The molecule has 0 aromatic heterocycles. The Balaban J connectivity index is 1.32. The van der Waals surface area contributed by atoms with Crippen LogP contribution in [-0.2, 0) is 28.5 Å². The third-order valence-electron chi connectivity index (χ3n) is 7.64. The lowest BCUT2D eigenvalue weighted by molar-refractivity contribution is -0.166. The average molecular weight is 516 g/mol. The molecule has 2 heterocycles. The van der Waals surface area contributed by atoms with Gasteiger partial charge in [0.2, 0.25) is 0 Å². The Morgan fingerprint density at radius 2 is 2.00 bits per heavy atom. The molecule has 3 fully saturated rings. The van der Waals surface area contributed by atoms with Gasteiger partial charge in [0.25, 0.3) is 0 Å². The van der Waals surface area contributed by atoms with E-state index >= 15 is 0 Å². The molecule has 0 radical (unpaired) electrons. The zero-order valence-electron chi connectivity index (χ0n) is 22.4. The van der Waals surface area contributed by atoms with Gasteiger partial charge < -0.3 is 34.1 Å². The molecule has 1 saturated carbocycles. The second-order valence-corrected chi connectivity index (χ2v) is 10.6. The number of carbonyl (C=O) groups is 1. The molecule has 6 atom stereocenters. The largest absolute Gasteiger partial charge is 0.456 e. The van der Waals surface area contributed by atoms with Crippen molar-refractivity contribution >= 4 is 17.7 Å². The Morgan fingerprint density at radius 1 is 1.24 bits per heavy atom. The molecule has 1 aliphatic carbocycles. The molecule has 0 bridgehead atoms. The third-order valence-corrected chi connectivity index (χ3v) is 7.64. The van der Waals surface area contributed by atoms with Crippen LogP contribution in [-0.4, -0.2) is 80.7 Å². The maximum Gasteiger partial charge on any atom is 0.331 e. The van der Waals surface area contributed by atoms with Gasteiger partial charge in [-0.2, -0.15) is 0 Å². The summed E-state index contributed by atoms with van der Waals surface area (Å²) in [5.41, 5.74) is 2.53. The molecule has 4 rings (SSSR count). The first kappa shape index (κ1) is 27.8. The highest BCUT2D eigenvalue weighted by molar-refractivity contribution is 5.87. The van der Waals surface area contributed by atoms with E-state index in [9.17, 15) is 4.79 Å². The van der Waals surface area contributed by atoms with Crippen LogP contribution in [0.1, 0.15) is 45.6 Å². The van der Waals surface area contributed by atoms with Crippen molar-refractivity contribution in [3.05, 3.63) is 47.6 Å². The molecule has 37 heavy (non-hydrogen) atoms. The standard InChI is InChI=1S/C29H41NO7/c1-20(2)5-11-24-28(3,37-24)27-26(33-4)23(13-14-29(27)19-35-29)36-25(32)12-8-21-6-9-22(10-7-21)30-15-17-34-18-16-31/h5-10,12,23-24,26-27,30-31H,11,13-19H2,1-4H3/t23-,24-,26-,27-,28+,29+/m1/s1. The Labute approximate surface area is 220 Å². The lowest BCUT2D eigenvalue weighted by Crippen LogP contribution is -2.55. The van der Waals surface area contributed by atoms with Crippen molar-refractivity contribution in [1.29, 1.82) is 0 Å². The summed E-state index contributed by atoms with van der Waals surface area (Å²) in [4.78, 5) is 12.8. The number of hydrogen-bond donors (Lipinski definition) is 2. The number of allylic oxidation sites excluding steroid dienone is 1. The van der Waals surface area contributed by atoms with Gasteiger partial charge in [-0.05, 0) is 63.8 Å². The number of nitrogens with one attached hydrogen (secondary N) is 1. The summed E-state index contributed by atoms with van der Waals surface area (Å²) in [6.45, 7) is 8.56. The summed E-state index contributed by atoms with van der Waals surface area (Å²) in [5.74, 6) is -0.380. The number of methoxy groups -OCH3 is 1. The number of anilines is 1. The van der Waals surface area contributed by atoms with Gasteiger partial charge in [0.05, 0.1) is 38.4 Å². The zero-order valence-corrected chi connectivity index (χ0v) is 22.4. The van der Waals surface area contributed by atoms with Crippen molar-refractivity contribution in [3.8, 4) is 0 Å². The highest BCUT2D eigenvalue weighted by Crippen LogP contribution is 2.59. The molecular weight excluding hydrogens is 474 g/mol. The molecule has 2 N–H and O–H groups in total. The fourth-order valence-electron chi connectivity index (χ4n) is 5.57. The van der Waals surface area contributed by atoms with Crippen LogP contribution in [0.3, 0.4) is 0 Å². The first-order chi connectivity index (χ1) is 17.8. The quantitative estimate of drug-likeness (QED) is 0.135. The molecule has 3 aliphatic rings. The molecule has 0 amide bonds. The number of aliphatic hydroxyl groups excluding tert-OH is 1. The minimum absolute atomic E-state index is 0.00479. The van der Waals surface area contributed by atoms with Crippen LogP contribution in [0.5, 0.6) is 0 Å². The summed E-state index contributed by atoms with van der Waals surface area (Å²) in [6, 6.07) is 7.75. The SMILES string of the molecule is CO[C@@H]1[C@H](OC(=O)C=Cc2ccc(NCCOCCO)cc2)CC[C@]2(CO2)[C@H]1[C@@]1(C)O[C@@H]1CC=C(C)C. The van der Waals surface area contributed by atoms with Crippen LogP contribution in [0, 0.1) is 5.92 Å². The molecule has 8 nitrogen and oxygen atoms in total. The number of aliphatic hydroxyl groups is 1.